The van der Waals surface area contributed by atoms with Gasteiger partial charge in [0.25, 0.3) is 0 Å². The van der Waals surface area contributed by atoms with E-state index in [1.54, 1.807) is 6.07 Å². The highest BCUT2D eigenvalue weighted by Crippen LogP contribution is 2.29. The average Bonchev–Trinajstić information content (AvgIpc) is 2.83. The zero-order chi connectivity index (χ0) is 12.5. The van der Waals surface area contributed by atoms with Crippen molar-refractivity contribution >= 4 is 16.8 Å². The second kappa shape index (κ2) is 4.46. The Kier molecular flexibility index (Phi) is 2.80. The van der Waals surface area contributed by atoms with Crippen molar-refractivity contribution in [2.45, 2.75) is 18.8 Å². The van der Waals surface area contributed by atoms with Crippen molar-refractivity contribution < 1.29 is 4.79 Å². The van der Waals surface area contributed by atoms with Gasteiger partial charge in [-0.25, -0.2) is 0 Å². The zero-order valence-corrected chi connectivity index (χ0v) is 10.2. The quantitative estimate of drug-likeness (QED) is 0.751. The normalized spacial score (nSPS) is 17.1. The number of rotatable bonds is 2. The number of amides is 1. The highest BCUT2D eigenvalue weighted by Gasteiger charge is 2.18. The van der Waals surface area contributed by atoms with Gasteiger partial charge in [0.05, 0.1) is 0 Å². The Hall–Kier alpha value is -1.81. The molecule has 4 heteroatoms. The van der Waals surface area contributed by atoms with Crippen LogP contribution in [-0.4, -0.2) is 24.0 Å². The number of piperidine rings is 1. The number of aromatic amines is 1. The molecule has 1 fully saturated rings. The van der Waals surface area contributed by atoms with Gasteiger partial charge in [0.1, 0.15) is 0 Å². The second-order valence-electron chi connectivity index (χ2n) is 4.88. The summed E-state index contributed by atoms with van der Waals surface area (Å²) in [5.74, 6) is 0.191. The molecule has 0 aliphatic carbocycles. The van der Waals surface area contributed by atoms with Crippen LogP contribution in [0.25, 0.3) is 10.9 Å². The molecule has 0 spiro atoms. The van der Waals surface area contributed by atoms with Gasteiger partial charge in [-0.2, -0.15) is 0 Å². The van der Waals surface area contributed by atoms with Crippen LogP contribution in [0.2, 0.25) is 0 Å². The number of nitrogens with two attached hydrogens (primary N) is 1. The summed E-state index contributed by atoms with van der Waals surface area (Å²) >= 11 is 0. The van der Waals surface area contributed by atoms with Crippen LogP contribution in [0.4, 0.5) is 0 Å². The number of H-pyrrole nitrogens is 1. The molecule has 1 aliphatic rings. The Morgan fingerprint density at radius 2 is 2.06 bits per heavy atom. The number of carbonyl (C=O) groups is 1. The maximum Gasteiger partial charge on any atom is 0.249 e. The number of hydrogen-bond acceptors (Lipinski definition) is 2. The van der Waals surface area contributed by atoms with Gasteiger partial charge < -0.3 is 16.0 Å². The third-order valence-electron chi connectivity index (χ3n) is 3.73. The molecule has 94 valence electrons. The number of hydrogen-bond donors (Lipinski definition) is 3. The van der Waals surface area contributed by atoms with E-state index in [0.29, 0.717) is 11.5 Å². The van der Waals surface area contributed by atoms with E-state index in [4.69, 9.17) is 5.73 Å². The van der Waals surface area contributed by atoms with E-state index in [1.807, 2.05) is 12.1 Å². The number of nitrogens with one attached hydrogen (secondary N) is 2. The van der Waals surface area contributed by atoms with Crippen molar-refractivity contribution in [2.75, 3.05) is 13.1 Å². The topological polar surface area (TPSA) is 70.9 Å². The largest absolute Gasteiger partial charge is 0.366 e. The molecule has 0 radical (unpaired) electrons. The van der Waals surface area contributed by atoms with Crippen LogP contribution in [0.1, 0.15) is 34.8 Å². The molecule has 3 rings (SSSR count). The Balaban J connectivity index is 2.04. The minimum absolute atomic E-state index is 0.364. The molecule has 1 amide bonds. The van der Waals surface area contributed by atoms with Gasteiger partial charge in [0.15, 0.2) is 0 Å². The first kappa shape index (κ1) is 11.3. The number of fused-ring (bicyclic) bond motifs is 1. The van der Waals surface area contributed by atoms with E-state index in [1.165, 1.54) is 5.69 Å². The lowest BCUT2D eigenvalue weighted by molar-refractivity contribution is 0.100. The SMILES string of the molecule is NC(=O)c1cccc2[nH]c(C3CCNCC3)cc12. The Bertz CT molecular complexity index is 582. The molecule has 1 saturated heterocycles. The summed E-state index contributed by atoms with van der Waals surface area (Å²) in [5, 5.41) is 4.30. The number of carbonyl (C=O) groups excluding carboxylic acids is 1. The molecule has 1 aromatic carbocycles. The van der Waals surface area contributed by atoms with E-state index in [2.05, 4.69) is 16.4 Å². The van der Waals surface area contributed by atoms with Crippen LogP contribution in [0.3, 0.4) is 0 Å². The lowest BCUT2D eigenvalue weighted by Crippen LogP contribution is -2.26. The highest BCUT2D eigenvalue weighted by atomic mass is 16.1. The monoisotopic (exact) mass is 243 g/mol. The van der Waals surface area contributed by atoms with Crippen molar-refractivity contribution in [2.24, 2.45) is 5.73 Å². The Morgan fingerprint density at radius 1 is 1.28 bits per heavy atom. The van der Waals surface area contributed by atoms with Crippen molar-refractivity contribution in [3.05, 3.63) is 35.5 Å². The van der Waals surface area contributed by atoms with E-state index in [9.17, 15) is 4.79 Å². The summed E-state index contributed by atoms with van der Waals surface area (Å²) in [4.78, 5) is 14.8. The highest BCUT2D eigenvalue weighted by molar-refractivity contribution is 6.05. The molecule has 0 atom stereocenters. The summed E-state index contributed by atoms with van der Waals surface area (Å²) < 4.78 is 0. The van der Waals surface area contributed by atoms with E-state index in [-0.39, 0.29) is 5.91 Å². The number of primary amides is 1. The fraction of sp³-hybridized carbons (Fsp3) is 0.357. The fourth-order valence-electron chi connectivity index (χ4n) is 2.74. The van der Waals surface area contributed by atoms with Gasteiger partial charge in [-0.15, -0.1) is 0 Å². The third-order valence-corrected chi connectivity index (χ3v) is 3.73. The average molecular weight is 243 g/mol. The van der Waals surface area contributed by atoms with Crippen molar-refractivity contribution in [3.8, 4) is 0 Å². The van der Waals surface area contributed by atoms with Gasteiger partial charge in [-0.3, -0.25) is 4.79 Å². The molecule has 0 bridgehead atoms. The second-order valence-corrected chi connectivity index (χ2v) is 4.88. The van der Waals surface area contributed by atoms with E-state index >= 15 is 0 Å². The predicted molar refractivity (Wildman–Crippen MR) is 71.7 cm³/mol. The molecular weight excluding hydrogens is 226 g/mol. The molecule has 0 saturated carbocycles. The molecule has 0 unspecified atom stereocenters. The molecular formula is C14H17N3O. The summed E-state index contributed by atoms with van der Waals surface area (Å²) in [6, 6.07) is 7.73. The first-order valence-corrected chi connectivity index (χ1v) is 6.38. The molecule has 2 aromatic rings. The molecule has 4 nitrogen and oxygen atoms in total. The summed E-state index contributed by atoms with van der Waals surface area (Å²) in [6.07, 6.45) is 2.28. The van der Waals surface area contributed by atoms with Gasteiger partial charge in [0, 0.05) is 28.1 Å². The van der Waals surface area contributed by atoms with Gasteiger partial charge >= 0.3 is 0 Å². The van der Waals surface area contributed by atoms with Crippen LogP contribution in [-0.2, 0) is 0 Å². The lowest BCUT2D eigenvalue weighted by Gasteiger charge is -2.21. The fourth-order valence-corrected chi connectivity index (χ4v) is 2.74. The third kappa shape index (κ3) is 1.88. The lowest BCUT2D eigenvalue weighted by atomic mass is 9.94. The van der Waals surface area contributed by atoms with E-state index in [0.717, 1.165) is 36.8 Å². The Morgan fingerprint density at radius 3 is 2.78 bits per heavy atom. The molecule has 1 aliphatic heterocycles. The molecule has 18 heavy (non-hydrogen) atoms. The summed E-state index contributed by atoms with van der Waals surface area (Å²) in [5.41, 5.74) is 8.23. The summed E-state index contributed by atoms with van der Waals surface area (Å²) in [7, 11) is 0. The van der Waals surface area contributed by atoms with Crippen molar-refractivity contribution in [1.29, 1.82) is 0 Å². The predicted octanol–water partition coefficient (Wildman–Crippen LogP) is 1.73. The van der Waals surface area contributed by atoms with Crippen LogP contribution < -0.4 is 11.1 Å². The first-order valence-electron chi connectivity index (χ1n) is 6.38. The number of aromatic nitrogens is 1. The van der Waals surface area contributed by atoms with Crippen molar-refractivity contribution in [1.82, 2.24) is 10.3 Å². The minimum Gasteiger partial charge on any atom is -0.366 e. The van der Waals surface area contributed by atoms with Gasteiger partial charge in [0.2, 0.25) is 5.91 Å². The van der Waals surface area contributed by atoms with Crippen LogP contribution in [0.15, 0.2) is 24.3 Å². The van der Waals surface area contributed by atoms with E-state index < -0.39 is 0 Å². The van der Waals surface area contributed by atoms with Crippen LogP contribution >= 0.6 is 0 Å². The van der Waals surface area contributed by atoms with Crippen LogP contribution in [0, 0.1) is 0 Å². The Labute approximate surface area is 106 Å². The molecule has 2 heterocycles. The first-order chi connectivity index (χ1) is 8.75. The maximum absolute atomic E-state index is 11.4. The van der Waals surface area contributed by atoms with Crippen molar-refractivity contribution in [3.63, 3.8) is 0 Å². The molecule has 4 N–H and O–H groups in total. The van der Waals surface area contributed by atoms with Gasteiger partial charge in [-0.05, 0) is 44.1 Å². The minimum atomic E-state index is -0.364. The standard InChI is InChI=1S/C14H17N3O/c15-14(18)10-2-1-3-12-11(10)8-13(17-12)9-4-6-16-7-5-9/h1-3,8-9,16-17H,4-7H2,(H2,15,18). The number of benzene rings is 1. The van der Waals surface area contributed by atoms with Crippen LogP contribution in [0.5, 0.6) is 0 Å². The maximum atomic E-state index is 11.4. The molecule has 1 aromatic heterocycles. The van der Waals surface area contributed by atoms with Gasteiger partial charge in [-0.1, -0.05) is 6.07 Å². The zero-order valence-electron chi connectivity index (χ0n) is 10.2. The summed E-state index contributed by atoms with van der Waals surface area (Å²) in [6.45, 7) is 2.12. The smallest absolute Gasteiger partial charge is 0.249 e.